The molecule has 0 aliphatic carbocycles. The molecule has 0 saturated carbocycles. The summed E-state index contributed by atoms with van der Waals surface area (Å²) in [7, 11) is 0. The maximum absolute atomic E-state index is 4.70. The Morgan fingerprint density at radius 3 is 2.59 bits per heavy atom. The SMILES string of the molecule is CC1=C(c2ccccc2CC(C)(C)C2N=CN=C3N=NC=C32)C(C(C)(C)C)NN1. The number of rotatable bonds is 4. The predicted molar refractivity (Wildman–Crippen MR) is 119 cm³/mol. The second-order valence-corrected chi connectivity index (χ2v) is 9.85. The van der Waals surface area contributed by atoms with E-state index < -0.39 is 0 Å². The number of benzene rings is 1. The third kappa shape index (κ3) is 3.57. The van der Waals surface area contributed by atoms with Crippen molar-refractivity contribution in [1.82, 2.24) is 10.9 Å². The Morgan fingerprint density at radius 2 is 1.83 bits per heavy atom. The summed E-state index contributed by atoms with van der Waals surface area (Å²) in [4.78, 5) is 8.96. The van der Waals surface area contributed by atoms with Crippen molar-refractivity contribution in [3.05, 3.63) is 52.9 Å². The van der Waals surface area contributed by atoms with Crippen molar-refractivity contribution in [2.45, 2.75) is 60.0 Å². The van der Waals surface area contributed by atoms with Crippen LogP contribution in [0.25, 0.3) is 5.57 Å². The first-order chi connectivity index (χ1) is 13.7. The smallest absolute Gasteiger partial charge is 0.182 e. The molecule has 3 aliphatic heterocycles. The first-order valence-electron chi connectivity index (χ1n) is 10.2. The van der Waals surface area contributed by atoms with Crippen LogP contribution in [0.5, 0.6) is 0 Å². The van der Waals surface area contributed by atoms with Crippen LogP contribution in [0, 0.1) is 10.8 Å². The van der Waals surface area contributed by atoms with Gasteiger partial charge in [0.15, 0.2) is 5.84 Å². The first kappa shape index (κ1) is 19.7. The number of fused-ring (bicyclic) bond motifs is 1. The molecule has 1 aromatic rings. The quantitative estimate of drug-likeness (QED) is 0.784. The van der Waals surface area contributed by atoms with Gasteiger partial charge in [-0.3, -0.25) is 4.99 Å². The van der Waals surface area contributed by atoms with E-state index in [1.54, 1.807) is 12.5 Å². The molecule has 3 aliphatic rings. The zero-order valence-corrected chi connectivity index (χ0v) is 18.1. The van der Waals surface area contributed by atoms with E-state index in [9.17, 15) is 0 Å². The van der Waals surface area contributed by atoms with Gasteiger partial charge in [0.05, 0.1) is 18.3 Å². The number of hydrazine groups is 1. The van der Waals surface area contributed by atoms with Crippen LogP contribution in [0.4, 0.5) is 0 Å². The highest BCUT2D eigenvalue weighted by atomic mass is 15.4. The highest BCUT2D eigenvalue weighted by Crippen LogP contribution is 2.40. The van der Waals surface area contributed by atoms with Crippen LogP contribution in [-0.4, -0.2) is 24.3 Å². The lowest BCUT2D eigenvalue weighted by Crippen LogP contribution is -2.41. The molecule has 0 amide bonds. The summed E-state index contributed by atoms with van der Waals surface area (Å²) in [5.41, 5.74) is 13.0. The minimum absolute atomic E-state index is 0.00799. The highest BCUT2D eigenvalue weighted by Gasteiger charge is 2.39. The van der Waals surface area contributed by atoms with Crippen molar-refractivity contribution in [1.29, 1.82) is 0 Å². The number of azo groups is 1. The maximum Gasteiger partial charge on any atom is 0.182 e. The van der Waals surface area contributed by atoms with Crippen molar-refractivity contribution in [2.75, 3.05) is 0 Å². The third-order valence-corrected chi connectivity index (χ3v) is 5.95. The maximum atomic E-state index is 4.70. The summed E-state index contributed by atoms with van der Waals surface area (Å²) in [5, 5.41) is 8.18. The van der Waals surface area contributed by atoms with E-state index in [0.717, 1.165) is 12.0 Å². The van der Waals surface area contributed by atoms with Crippen LogP contribution in [0.15, 0.2) is 61.9 Å². The van der Waals surface area contributed by atoms with Crippen molar-refractivity contribution < 1.29 is 0 Å². The molecule has 0 aromatic heterocycles. The van der Waals surface area contributed by atoms with Gasteiger partial charge in [-0.15, -0.1) is 5.11 Å². The third-order valence-electron chi connectivity index (χ3n) is 5.95. The van der Waals surface area contributed by atoms with E-state index in [1.165, 1.54) is 22.4 Å². The minimum atomic E-state index is -0.111. The van der Waals surface area contributed by atoms with Gasteiger partial charge in [-0.25, -0.2) is 10.4 Å². The van der Waals surface area contributed by atoms with Crippen LogP contribution < -0.4 is 10.9 Å². The van der Waals surface area contributed by atoms with Crippen LogP contribution in [0.1, 0.15) is 52.7 Å². The standard InChI is InChI=1S/C23H30N6/c1-14-18(20(28-27-14)22(2,3)4)16-10-8-7-9-15(16)11-23(5,6)19-17-12-26-29-21(17)25-13-24-19/h7-10,12-13,19-20,27-28H,11H2,1-6H3. The molecule has 0 bridgehead atoms. The first-order valence-corrected chi connectivity index (χ1v) is 10.2. The molecule has 152 valence electrons. The van der Waals surface area contributed by atoms with Gasteiger partial charge in [0.2, 0.25) is 0 Å². The van der Waals surface area contributed by atoms with Gasteiger partial charge in [0.1, 0.15) is 6.34 Å². The van der Waals surface area contributed by atoms with E-state index in [4.69, 9.17) is 4.99 Å². The summed E-state index contributed by atoms with van der Waals surface area (Å²) >= 11 is 0. The number of nitrogens with one attached hydrogen (secondary N) is 2. The molecule has 1 aromatic carbocycles. The fourth-order valence-corrected chi connectivity index (χ4v) is 4.48. The second-order valence-electron chi connectivity index (χ2n) is 9.85. The van der Waals surface area contributed by atoms with Crippen molar-refractivity contribution in [2.24, 2.45) is 31.0 Å². The van der Waals surface area contributed by atoms with Gasteiger partial charge in [0, 0.05) is 11.3 Å². The van der Waals surface area contributed by atoms with Gasteiger partial charge >= 0.3 is 0 Å². The molecule has 2 atom stereocenters. The topological polar surface area (TPSA) is 73.5 Å². The van der Waals surface area contributed by atoms with Gasteiger partial charge in [0.25, 0.3) is 0 Å². The van der Waals surface area contributed by atoms with E-state index in [2.05, 4.69) is 91.9 Å². The van der Waals surface area contributed by atoms with Crippen LogP contribution in [0.3, 0.4) is 0 Å². The number of nitrogens with zero attached hydrogens (tertiary/aromatic N) is 4. The normalized spacial score (nSPS) is 23.8. The number of aliphatic imine (C=N–C) groups is 2. The predicted octanol–water partition coefficient (Wildman–Crippen LogP) is 4.67. The molecule has 29 heavy (non-hydrogen) atoms. The Kier molecular flexibility index (Phi) is 4.77. The number of amidine groups is 1. The Bertz CT molecular complexity index is 971. The summed E-state index contributed by atoms with van der Waals surface area (Å²) in [6.45, 7) is 13.5. The molecule has 0 saturated heterocycles. The molecule has 2 unspecified atom stereocenters. The van der Waals surface area contributed by atoms with Gasteiger partial charge < -0.3 is 5.43 Å². The lowest BCUT2D eigenvalue weighted by molar-refractivity contribution is 0.315. The van der Waals surface area contributed by atoms with Gasteiger partial charge in [-0.2, -0.15) is 5.11 Å². The highest BCUT2D eigenvalue weighted by molar-refractivity contribution is 6.06. The van der Waals surface area contributed by atoms with Crippen molar-refractivity contribution in [3.63, 3.8) is 0 Å². The zero-order chi connectivity index (χ0) is 20.8. The summed E-state index contributed by atoms with van der Waals surface area (Å²) < 4.78 is 0. The average molecular weight is 391 g/mol. The minimum Gasteiger partial charge on any atom is -0.325 e. The van der Waals surface area contributed by atoms with E-state index in [1.807, 2.05) is 0 Å². The van der Waals surface area contributed by atoms with E-state index in [-0.39, 0.29) is 22.9 Å². The number of allylic oxidation sites excluding steroid dienone is 1. The lowest BCUT2D eigenvalue weighted by Gasteiger charge is -2.35. The Hall–Kier alpha value is -2.60. The van der Waals surface area contributed by atoms with Crippen LogP contribution in [-0.2, 0) is 6.42 Å². The zero-order valence-electron chi connectivity index (χ0n) is 18.1. The van der Waals surface area contributed by atoms with E-state index in [0.29, 0.717) is 5.84 Å². The Labute approximate surface area is 173 Å². The molecule has 3 heterocycles. The molecular weight excluding hydrogens is 360 g/mol. The molecule has 6 nitrogen and oxygen atoms in total. The fraction of sp³-hybridized carbons (Fsp3) is 0.478. The molecule has 6 heteroatoms. The lowest BCUT2D eigenvalue weighted by atomic mass is 9.73. The molecule has 4 rings (SSSR count). The summed E-state index contributed by atoms with van der Waals surface area (Å²) in [5.74, 6) is 0.696. The van der Waals surface area contributed by atoms with E-state index >= 15 is 0 Å². The van der Waals surface area contributed by atoms with Crippen LogP contribution in [0.2, 0.25) is 0 Å². The Balaban J connectivity index is 1.69. The fourth-order valence-electron chi connectivity index (χ4n) is 4.48. The number of hydrogen-bond acceptors (Lipinski definition) is 6. The second kappa shape index (κ2) is 7.02. The molecular formula is C23H30N6. The van der Waals surface area contributed by atoms with Crippen LogP contribution >= 0.6 is 0 Å². The number of hydrogen-bond donors (Lipinski definition) is 2. The van der Waals surface area contributed by atoms with Gasteiger partial charge in [-0.1, -0.05) is 58.9 Å². The average Bonchev–Trinajstić information content (AvgIpc) is 3.27. The molecule has 0 spiro atoms. The molecule has 2 N–H and O–H groups in total. The monoisotopic (exact) mass is 390 g/mol. The largest absolute Gasteiger partial charge is 0.325 e. The van der Waals surface area contributed by atoms with Crippen molar-refractivity contribution >= 4 is 17.7 Å². The summed E-state index contributed by atoms with van der Waals surface area (Å²) in [6, 6.07) is 8.98. The summed E-state index contributed by atoms with van der Waals surface area (Å²) in [6.07, 6.45) is 4.33. The molecule has 0 radical (unpaired) electrons. The Morgan fingerprint density at radius 1 is 1.07 bits per heavy atom. The van der Waals surface area contributed by atoms with Gasteiger partial charge in [-0.05, 0) is 40.9 Å². The van der Waals surface area contributed by atoms with Crippen molar-refractivity contribution in [3.8, 4) is 0 Å². The molecule has 0 fully saturated rings.